The fourth-order valence-electron chi connectivity index (χ4n) is 2.72. The van der Waals surface area contributed by atoms with Gasteiger partial charge < -0.3 is 10.2 Å². The monoisotopic (exact) mass is 373 g/mol. The third-order valence-electron chi connectivity index (χ3n) is 3.95. The summed E-state index contributed by atoms with van der Waals surface area (Å²) in [6.07, 6.45) is 0.0899. The van der Waals surface area contributed by atoms with Gasteiger partial charge in [-0.3, -0.25) is 9.59 Å². The molecule has 25 heavy (non-hydrogen) atoms. The molecule has 1 aliphatic heterocycles. The summed E-state index contributed by atoms with van der Waals surface area (Å²) in [5.41, 5.74) is 1.48. The molecule has 1 N–H and O–H groups in total. The summed E-state index contributed by atoms with van der Waals surface area (Å²) < 4.78 is 0. The summed E-state index contributed by atoms with van der Waals surface area (Å²) in [6, 6.07) is 13.5. The Morgan fingerprint density at radius 2 is 2.04 bits per heavy atom. The van der Waals surface area contributed by atoms with Gasteiger partial charge in [0.25, 0.3) is 0 Å². The Hall–Kier alpha value is -2.55. The van der Waals surface area contributed by atoms with Crippen molar-refractivity contribution in [1.82, 2.24) is 0 Å². The van der Waals surface area contributed by atoms with Crippen LogP contribution in [0.15, 0.2) is 42.5 Å². The van der Waals surface area contributed by atoms with Gasteiger partial charge in [-0.05, 0) is 36.4 Å². The van der Waals surface area contributed by atoms with E-state index < -0.39 is 5.92 Å². The predicted octanol–water partition coefficient (Wildman–Crippen LogP) is 3.86. The Balaban J connectivity index is 1.74. The van der Waals surface area contributed by atoms with E-state index in [1.165, 1.54) is 4.90 Å². The molecule has 1 saturated heterocycles. The van der Waals surface area contributed by atoms with E-state index in [0.29, 0.717) is 27.0 Å². The fraction of sp³-hybridized carbons (Fsp3) is 0.167. The van der Waals surface area contributed by atoms with Crippen LogP contribution in [0.2, 0.25) is 10.0 Å². The Labute approximate surface area is 154 Å². The van der Waals surface area contributed by atoms with Crippen molar-refractivity contribution < 1.29 is 9.59 Å². The van der Waals surface area contributed by atoms with Gasteiger partial charge in [0.1, 0.15) is 0 Å². The molecule has 0 saturated carbocycles. The van der Waals surface area contributed by atoms with Crippen molar-refractivity contribution in [3.05, 3.63) is 58.1 Å². The molecule has 0 bridgehead atoms. The maximum absolute atomic E-state index is 12.5. The molecule has 2 amide bonds. The minimum absolute atomic E-state index is 0.0899. The summed E-state index contributed by atoms with van der Waals surface area (Å²) in [5.74, 6) is -0.965. The molecule has 1 aliphatic rings. The van der Waals surface area contributed by atoms with Crippen molar-refractivity contribution in [2.45, 2.75) is 6.42 Å². The predicted molar refractivity (Wildman–Crippen MR) is 96.7 cm³/mol. The number of halogens is 2. The highest BCUT2D eigenvalue weighted by atomic mass is 35.5. The van der Waals surface area contributed by atoms with E-state index in [2.05, 4.69) is 5.32 Å². The minimum Gasteiger partial charge on any atom is -0.326 e. The Bertz CT molecular complexity index is 892. The molecular formula is C18H13Cl2N3O2. The zero-order valence-corrected chi connectivity index (χ0v) is 14.5. The fourth-order valence-corrected chi connectivity index (χ4v) is 3.11. The second-order valence-corrected chi connectivity index (χ2v) is 6.53. The maximum atomic E-state index is 12.5. The van der Waals surface area contributed by atoms with Crippen LogP contribution in [0, 0.1) is 17.2 Å². The second-order valence-electron chi connectivity index (χ2n) is 5.68. The zero-order valence-electron chi connectivity index (χ0n) is 13.0. The van der Waals surface area contributed by atoms with E-state index >= 15 is 0 Å². The molecule has 0 radical (unpaired) electrons. The zero-order chi connectivity index (χ0) is 18.0. The van der Waals surface area contributed by atoms with Crippen LogP contribution in [0.4, 0.5) is 11.4 Å². The average Bonchev–Trinajstić information content (AvgIpc) is 2.99. The lowest BCUT2D eigenvalue weighted by Crippen LogP contribution is -2.28. The van der Waals surface area contributed by atoms with Gasteiger partial charge in [0, 0.05) is 23.7 Å². The lowest BCUT2D eigenvalue weighted by Gasteiger charge is -2.18. The molecular weight excluding hydrogens is 361 g/mol. The first-order valence-electron chi connectivity index (χ1n) is 7.54. The highest BCUT2D eigenvalue weighted by Gasteiger charge is 2.36. The number of nitriles is 1. The maximum Gasteiger partial charge on any atom is 0.229 e. The third-order valence-corrected chi connectivity index (χ3v) is 4.51. The van der Waals surface area contributed by atoms with Gasteiger partial charge in [-0.2, -0.15) is 5.26 Å². The topological polar surface area (TPSA) is 73.2 Å². The summed E-state index contributed by atoms with van der Waals surface area (Å²) >= 11 is 12.1. The molecule has 0 aliphatic carbocycles. The molecule has 1 heterocycles. The van der Waals surface area contributed by atoms with Crippen molar-refractivity contribution in [3.63, 3.8) is 0 Å². The Kier molecular flexibility index (Phi) is 4.93. The van der Waals surface area contributed by atoms with Crippen molar-refractivity contribution in [3.8, 4) is 6.07 Å². The lowest BCUT2D eigenvalue weighted by atomic mass is 10.1. The summed E-state index contributed by atoms with van der Waals surface area (Å²) in [4.78, 5) is 26.2. The molecule has 126 valence electrons. The number of hydrogen-bond acceptors (Lipinski definition) is 3. The molecule has 1 unspecified atom stereocenters. The van der Waals surface area contributed by atoms with Crippen LogP contribution in [-0.4, -0.2) is 18.4 Å². The highest BCUT2D eigenvalue weighted by molar-refractivity contribution is 6.36. The van der Waals surface area contributed by atoms with E-state index in [1.807, 2.05) is 6.07 Å². The second kappa shape index (κ2) is 7.14. The molecule has 2 aromatic rings. The number of nitrogens with one attached hydrogen (secondary N) is 1. The van der Waals surface area contributed by atoms with E-state index in [0.717, 1.165) is 0 Å². The molecule has 5 nitrogen and oxygen atoms in total. The van der Waals surface area contributed by atoms with E-state index in [4.69, 9.17) is 28.5 Å². The first-order valence-corrected chi connectivity index (χ1v) is 8.30. The lowest BCUT2D eigenvalue weighted by molar-refractivity contribution is -0.122. The normalized spacial score (nSPS) is 16.6. The third kappa shape index (κ3) is 3.76. The molecule has 0 aromatic heterocycles. The number of carbonyl (C=O) groups excluding carboxylic acids is 2. The van der Waals surface area contributed by atoms with E-state index in [-0.39, 0.29) is 24.8 Å². The van der Waals surface area contributed by atoms with Crippen molar-refractivity contribution in [2.24, 2.45) is 5.92 Å². The molecule has 7 heteroatoms. The number of hydrogen-bond donors (Lipinski definition) is 1. The number of rotatable bonds is 3. The number of nitrogens with zero attached hydrogens (tertiary/aromatic N) is 2. The van der Waals surface area contributed by atoms with E-state index in [9.17, 15) is 9.59 Å². The molecule has 2 aromatic carbocycles. The van der Waals surface area contributed by atoms with Crippen LogP contribution < -0.4 is 10.2 Å². The molecule has 3 rings (SSSR count). The Morgan fingerprint density at radius 1 is 1.24 bits per heavy atom. The number of carbonyl (C=O) groups is 2. The van der Waals surface area contributed by atoms with Gasteiger partial charge in [-0.1, -0.05) is 29.3 Å². The van der Waals surface area contributed by atoms with Crippen LogP contribution in [-0.2, 0) is 9.59 Å². The number of benzene rings is 2. The van der Waals surface area contributed by atoms with Crippen molar-refractivity contribution >= 4 is 46.4 Å². The van der Waals surface area contributed by atoms with Gasteiger partial charge in [0.2, 0.25) is 11.8 Å². The van der Waals surface area contributed by atoms with Crippen LogP contribution in [0.3, 0.4) is 0 Å². The highest BCUT2D eigenvalue weighted by Crippen LogP contribution is 2.33. The van der Waals surface area contributed by atoms with Crippen LogP contribution in [0.25, 0.3) is 0 Å². The largest absolute Gasteiger partial charge is 0.326 e. The minimum atomic E-state index is -0.506. The molecule has 1 atom stereocenters. The number of amides is 2. The first-order chi connectivity index (χ1) is 12.0. The van der Waals surface area contributed by atoms with E-state index in [1.54, 1.807) is 42.5 Å². The van der Waals surface area contributed by atoms with Gasteiger partial charge in [-0.15, -0.1) is 0 Å². The smallest absolute Gasteiger partial charge is 0.229 e. The van der Waals surface area contributed by atoms with Crippen LogP contribution in [0.1, 0.15) is 12.0 Å². The van der Waals surface area contributed by atoms with Crippen LogP contribution in [0.5, 0.6) is 0 Å². The SMILES string of the molecule is N#Cc1cccc(NC(=O)C2CC(=O)N(c3cc(Cl)ccc3Cl)C2)c1. The van der Waals surface area contributed by atoms with Crippen molar-refractivity contribution in [1.29, 1.82) is 5.26 Å². The standard InChI is InChI=1S/C18H13Cl2N3O2/c19-13-4-5-15(20)16(8-13)23-10-12(7-17(23)24)18(25)22-14-3-1-2-11(6-14)9-21/h1-6,8,12H,7,10H2,(H,22,25). The van der Waals surface area contributed by atoms with Gasteiger partial charge >= 0.3 is 0 Å². The number of anilines is 2. The molecule has 1 fully saturated rings. The summed E-state index contributed by atoms with van der Waals surface area (Å²) in [5, 5.41) is 12.5. The van der Waals surface area contributed by atoms with Gasteiger partial charge in [-0.25, -0.2) is 0 Å². The molecule has 0 spiro atoms. The Morgan fingerprint density at radius 3 is 2.80 bits per heavy atom. The van der Waals surface area contributed by atoms with Crippen molar-refractivity contribution in [2.75, 3.05) is 16.8 Å². The quantitative estimate of drug-likeness (QED) is 0.887. The first kappa shape index (κ1) is 17.3. The van der Waals surface area contributed by atoms with Gasteiger partial charge in [0.15, 0.2) is 0 Å². The average molecular weight is 374 g/mol. The summed E-state index contributed by atoms with van der Waals surface area (Å²) in [7, 11) is 0. The van der Waals surface area contributed by atoms with Gasteiger partial charge in [0.05, 0.1) is 28.3 Å². The summed E-state index contributed by atoms with van der Waals surface area (Å²) in [6.45, 7) is 0.225. The van der Waals surface area contributed by atoms with Crippen LogP contribution >= 0.6 is 23.2 Å².